The van der Waals surface area contributed by atoms with E-state index < -0.39 is 0 Å². The van der Waals surface area contributed by atoms with E-state index >= 15 is 0 Å². The number of pyridine rings is 2. The quantitative estimate of drug-likeness (QED) is 0.262. The van der Waals surface area contributed by atoms with Gasteiger partial charge in [-0.25, -0.2) is 4.98 Å². The van der Waals surface area contributed by atoms with Gasteiger partial charge in [0.2, 0.25) is 0 Å². The normalized spacial score (nSPS) is 19.9. The van der Waals surface area contributed by atoms with Crippen molar-refractivity contribution >= 4 is 16.6 Å². The van der Waals surface area contributed by atoms with E-state index in [0.717, 1.165) is 88.6 Å². The molecule has 0 aliphatic carbocycles. The van der Waals surface area contributed by atoms with Gasteiger partial charge in [0.05, 0.1) is 34.8 Å². The lowest BCUT2D eigenvalue weighted by Gasteiger charge is -2.18. The highest BCUT2D eigenvalue weighted by molar-refractivity contribution is 5.86. The van der Waals surface area contributed by atoms with Crippen LogP contribution in [-0.2, 0) is 0 Å². The van der Waals surface area contributed by atoms with Gasteiger partial charge in [-0.2, -0.15) is 0 Å². The number of imidazole rings is 1. The minimum atomic E-state index is 0.268. The van der Waals surface area contributed by atoms with Gasteiger partial charge in [-0.05, 0) is 63.0 Å². The maximum Gasteiger partial charge on any atom is 0.123 e. The lowest BCUT2D eigenvalue weighted by Crippen LogP contribution is -2.30. The number of fused-ring (bicyclic) bond motifs is 1. The molecule has 2 atom stereocenters. The van der Waals surface area contributed by atoms with E-state index in [1.165, 1.54) is 6.42 Å². The van der Waals surface area contributed by atoms with Crippen molar-refractivity contribution < 1.29 is 0 Å². The molecular weight excluding hydrogens is 460 g/mol. The van der Waals surface area contributed by atoms with E-state index in [0.29, 0.717) is 6.04 Å². The molecule has 0 bridgehead atoms. The third-order valence-corrected chi connectivity index (χ3v) is 7.29. The van der Waals surface area contributed by atoms with Crippen LogP contribution < -0.4 is 21.7 Å². The van der Waals surface area contributed by atoms with Gasteiger partial charge >= 0.3 is 0 Å². The van der Waals surface area contributed by atoms with Gasteiger partial charge in [0.1, 0.15) is 5.82 Å². The molecule has 188 valence electrons. The van der Waals surface area contributed by atoms with Gasteiger partial charge in [0.15, 0.2) is 0 Å². The fourth-order valence-corrected chi connectivity index (χ4v) is 5.18. The first-order valence-corrected chi connectivity index (χ1v) is 12.9. The number of aromatic nitrogens is 4. The number of hydrogen-bond donors (Lipinski definition) is 5. The predicted molar refractivity (Wildman–Crippen MR) is 148 cm³/mol. The molecule has 3 aromatic heterocycles. The summed E-state index contributed by atoms with van der Waals surface area (Å²) in [6, 6.07) is 13.0. The van der Waals surface area contributed by atoms with E-state index in [2.05, 4.69) is 62.8 Å². The van der Waals surface area contributed by atoms with Crippen LogP contribution in [0.3, 0.4) is 0 Å². The third-order valence-electron chi connectivity index (χ3n) is 7.29. The van der Waals surface area contributed by atoms with E-state index in [4.69, 9.17) is 15.7 Å². The van der Waals surface area contributed by atoms with Crippen LogP contribution in [0.5, 0.6) is 0 Å². The Morgan fingerprint density at radius 2 is 1.81 bits per heavy atom. The molecule has 6 N–H and O–H groups in total. The molecule has 0 saturated carbocycles. The molecule has 2 fully saturated rings. The first-order valence-electron chi connectivity index (χ1n) is 12.9. The number of nitrogens with two attached hydrogens (primary N) is 1. The first-order chi connectivity index (χ1) is 18.2. The SMILES string of the molecule is C=C(N/C(=C\N)c1cnc2cc(-c3ccc(-c4cnc([C@@H]5CCCN5)[nH]4)cn3)ccc2c1)[C@@H]1CCCN1. The number of nitrogens with zero attached hydrogens (tertiary/aromatic N) is 3. The Morgan fingerprint density at radius 1 is 0.946 bits per heavy atom. The summed E-state index contributed by atoms with van der Waals surface area (Å²) in [5.41, 5.74) is 13.4. The summed E-state index contributed by atoms with van der Waals surface area (Å²) < 4.78 is 0. The Bertz CT molecular complexity index is 1440. The first kappa shape index (κ1) is 23.4. The molecule has 4 aromatic rings. The highest BCUT2D eigenvalue weighted by Gasteiger charge is 2.20. The second-order valence-corrected chi connectivity index (χ2v) is 9.77. The zero-order valence-electron chi connectivity index (χ0n) is 20.8. The van der Waals surface area contributed by atoms with Crippen LogP contribution in [0.15, 0.2) is 73.5 Å². The molecular formula is C29H32N8. The second kappa shape index (κ2) is 10.2. The van der Waals surface area contributed by atoms with Crippen molar-refractivity contribution in [1.29, 1.82) is 0 Å². The van der Waals surface area contributed by atoms with Crippen molar-refractivity contribution in [1.82, 2.24) is 35.9 Å². The van der Waals surface area contributed by atoms with Crippen LogP contribution in [0.25, 0.3) is 39.1 Å². The number of rotatable bonds is 7. The Labute approximate surface area is 216 Å². The number of H-pyrrole nitrogens is 1. The van der Waals surface area contributed by atoms with Crippen molar-refractivity contribution in [2.75, 3.05) is 13.1 Å². The Kier molecular flexibility index (Phi) is 6.42. The average Bonchev–Trinajstić information content (AvgIpc) is 3.74. The molecule has 0 unspecified atom stereocenters. The molecule has 6 rings (SSSR count). The van der Waals surface area contributed by atoms with E-state index in [1.807, 2.05) is 24.7 Å². The largest absolute Gasteiger partial charge is 0.403 e. The van der Waals surface area contributed by atoms with Gasteiger partial charge in [0.25, 0.3) is 0 Å². The monoisotopic (exact) mass is 492 g/mol. The van der Waals surface area contributed by atoms with Gasteiger partial charge in [-0.3, -0.25) is 9.97 Å². The fraction of sp³-hybridized carbons (Fsp3) is 0.276. The molecule has 0 spiro atoms. The standard InChI is InChI=1S/C29H32N8/c1-18(23-4-2-10-31-23)36-27(14-30)22-12-19-6-7-20(13-26(19)34-16-22)24-9-8-21(15-33-24)28-17-35-29(37-28)25-5-3-11-32-25/h6-9,12-17,23,25,31-32,36H,1-5,10-11,30H2,(H,35,37)/b27-14-/t23-,25-/m0/s1. The summed E-state index contributed by atoms with van der Waals surface area (Å²) >= 11 is 0. The molecule has 0 amide bonds. The minimum Gasteiger partial charge on any atom is -0.403 e. The van der Waals surface area contributed by atoms with Crippen molar-refractivity contribution in [2.45, 2.75) is 37.8 Å². The fourth-order valence-electron chi connectivity index (χ4n) is 5.18. The van der Waals surface area contributed by atoms with Crippen LogP contribution in [0.1, 0.15) is 43.1 Å². The molecule has 1 aromatic carbocycles. The van der Waals surface area contributed by atoms with E-state index in [9.17, 15) is 0 Å². The predicted octanol–water partition coefficient (Wildman–Crippen LogP) is 4.22. The lowest BCUT2D eigenvalue weighted by atomic mass is 10.0. The molecule has 2 saturated heterocycles. The van der Waals surface area contributed by atoms with Crippen LogP contribution in [-0.4, -0.2) is 39.1 Å². The highest BCUT2D eigenvalue weighted by atomic mass is 15.0. The summed E-state index contributed by atoms with van der Waals surface area (Å²) in [6.45, 7) is 6.27. The molecule has 8 heteroatoms. The minimum absolute atomic E-state index is 0.268. The van der Waals surface area contributed by atoms with E-state index in [1.54, 1.807) is 6.20 Å². The number of nitrogens with one attached hydrogen (secondary N) is 4. The smallest absolute Gasteiger partial charge is 0.123 e. The molecule has 37 heavy (non-hydrogen) atoms. The highest BCUT2D eigenvalue weighted by Crippen LogP contribution is 2.27. The number of aromatic amines is 1. The van der Waals surface area contributed by atoms with Crippen LogP contribution in [0, 0.1) is 0 Å². The summed E-state index contributed by atoms with van der Waals surface area (Å²) in [5, 5.41) is 11.4. The number of hydrogen-bond acceptors (Lipinski definition) is 7. The van der Waals surface area contributed by atoms with Crippen molar-refractivity contribution in [3.63, 3.8) is 0 Å². The number of benzene rings is 1. The third kappa shape index (κ3) is 4.85. The van der Waals surface area contributed by atoms with Gasteiger partial charge in [-0.1, -0.05) is 18.7 Å². The Balaban J connectivity index is 1.19. The van der Waals surface area contributed by atoms with Crippen molar-refractivity contribution in [3.05, 3.63) is 84.9 Å². The maximum absolute atomic E-state index is 5.95. The summed E-state index contributed by atoms with van der Waals surface area (Å²) in [4.78, 5) is 17.5. The van der Waals surface area contributed by atoms with Crippen molar-refractivity contribution in [2.24, 2.45) is 5.73 Å². The second-order valence-electron chi connectivity index (χ2n) is 9.77. The average molecular weight is 493 g/mol. The summed E-state index contributed by atoms with van der Waals surface area (Å²) in [6.07, 6.45) is 11.8. The van der Waals surface area contributed by atoms with Crippen LogP contribution in [0.4, 0.5) is 0 Å². The molecule has 2 aliphatic heterocycles. The summed E-state index contributed by atoms with van der Waals surface area (Å²) in [7, 11) is 0. The van der Waals surface area contributed by atoms with Crippen LogP contribution in [0.2, 0.25) is 0 Å². The zero-order valence-corrected chi connectivity index (χ0v) is 20.8. The molecule has 0 radical (unpaired) electrons. The van der Waals surface area contributed by atoms with Gasteiger partial charge in [0, 0.05) is 52.4 Å². The summed E-state index contributed by atoms with van der Waals surface area (Å²) in [5.74, 6) is 0.999. The van der Waals surface area contributed by atoms with E-state index in [-0.39, 0.29) is 6.04 Å². The topological polar surface area (TPSA) is 117 Å². The molecule has 8 nitrogen and oxygen atoms in total. The Hall–Kier alpha value is -4.01. The van der Waals surface area contributed by atoms with Crippen LogP contribution >= 0.6 is 0 Å². The maximum atomic E-state index is 5.95. The molecule has 2 aliphatic rings. The van der Waals surface area contributed by atoms with Crippen molar-refractivity contribution in [3.8, 4) is 22.5 Å². The van der Waals surface area contributed by atoms with Gasteiger partial charge < -0.3 is 26.7 Å². The Morgan fingerprint density at radius 3 is 2.57 bits per heavy atom. The lowest BCUT2D eigenvalue weighted by molar-refractivity contribution is 0.613. The zero-order chi connectivity index (χ0) is 25.2. The molecule has 5 heterocycles. The van der Waals surface area contributed by atoms with Gasteiger partial charge in [-0.15, -0.1) is 0 Å².